The van der Waals surface area contributed by atoms with Gasteiger partial charge in [0.1, 0.15) is 23.9 Å². The van der Waals surface area contributed by atoms with Crippen molar-refractivity contribution in [1.82, 2.24) is 15.0 Å². The number of nitriles is 1. The number of anilines is 1. The summed E-state index contributed by atoms with van der Waals surface area (Å²) in [5.74, 6) is 4.33. The third-order valence-electron chi connectivity index (χ3n) is 4.30. The summed E-state index contributed by atoms with van der Waals surface area (Å²) in [6.07, 6.45) is 9.96. The smallest absolute Gasteiger partial charge is 0.144 e. The van der Waals surface area contributed by atoms with E-state index in [1.54, 1.807) is 6.20 Å². The Balaban J connectivity index is 1.83. The third-order valence-corrected chi connectivity index (χ3v) is 4.30. The molecule has 4 rings (SSSR count). The van der Waals surface area contributed by atoms with Gasteiger partial charge in [-0.1, -0.05) is 5.92 Å². The summed E-state index contributed by atoms with van der Waals surface area (Å²) in [5, 5.41) is 9.98. The molecular weight excluding hydrogens is 238 g/mol. The standard InChI is InChI=1S/C14H11N5/c1-2-14-3-10(14)6-19(7-14)13-11-9(4-15)5-16-12(11)17-8-18-13/h1,5,8,10H,3,6-7H2,(H,16,17,18). The van der Waals surface area contributed by atoms with Gasteiger partial charge in [-0.05, 0) is 12.3 Å². The first-order chi connectivity index (χ1) is 9.27. The number of fused-ring (bicyclic) bond motifs is 2. The molecule has 2 atom stereocenters. The molecule has 1 N–H and O–H groups in total. The molecule has 2 aliphatic rings. The zero-order valence-electron chi connectivity index (χ0n) is 10.2. The molecule has 2 aromatic rings. The van der Waals surface area contributed by atoms with Crippen LogP contribution in [0.4, 0.5) is 5.82 Å². The number of piperidine rings is 1. The Labute approximate surface area is 110 Å². The highest BCUT2D eigenvalue weighted by molar-refractivity contribution is 5.93. The minimum atomic E-state index is 0.0421. The lowest BCUT2D eigenvalue weighted by Gasteiger charge is -2.20. The molecule has 2 unspecified atom stereocenters. The monoisotopic (exact) mass is 249 g/mol. The van der Waals surface area contributed by atoms with Crippen LogP contribution in [0.3, 0.4) is 0 Å². The van der Waals surface area contributed by atoms with Crippen molar-refractivity contribution < 1.29 is 0 Å². The lowest BCUT2D eigenvalue weighted by atomic mass is 10.1. The summed E-state index contributed by atoms with van der Waals surface area (Å²) in [6, 6.07) is 2.18. The number of hydrogen-bond acceptors (Lipinski definition) is 4. The van der Waals surface area contributed by atoms with Crippen LogP contribution in [-0.4, -0.2) is 28.0 Å². The molecule has 1 aliphatic carbocycles. The van der Waals surface area contributed by atoms with Crippen LogP contribution in [0.5, 0.6) is 0 Å². The fourth-order valence-electron chi connectivity index (χ4n) is 3.14. The highest BCUT2D eigenvalue weighted by atomic mass is 15.2. The predicted octanol–water partition coefficient (Wildman–Crippen LogP) is 1.29. The van der Waals surface area contributed by atoms with Crippen LogP contribution in [0.2, 0.25) is 0 Å². The van der Waals surface area contributed by atoms with E-state index in [0.29, 0.717) is 17.1 Å². The van der Waals surface area contributed by atoms with Gasteiger partial charge >= 0.3 is 0 Å². The van der Waals surface area contributed by atoms with Crippen molar-refractivity contribution in [3.63, 3.8) is 0 Å². The van der Waals surface area contributed by atoms with Crippen LogP contribution in [0.25, 0.3) is 11.0 Å². The fourth-order valence-corrected chi connectivity index (χ4v) is 3.14. The summed E-state index contributed by atoms with van der Waals surface area (Å²) < 4.78 is 0. The Morgan fingerprint density at radius 1 is 1.53 bits per heavy atom. The highest BCUT2D eigenvalue weighted by Gasteiger charge is 2.59. The summed E-state index contributed by atoms with van der Waals surface area (Å²) >= 11 is 0. The van der Waals surface area contributed by atoms with Gasteiger partial charge in [-0.15, -0.1) is 6.42 Å². The average molecular weight is 249 g/mol. The van der Waals surface area contributed by atoms with Gasteiger partial charge in [-0.2, -0.15) is 5.26 Å². The van der Waals surface area contributed by atoms with Gasteiger partial charge in [0.25, 0.3) is 0 Å². The van der Waals surface area contributed by atoms with Crippen LogP contribution in [0.15, 0.2) is 12.5 Å². The molecule has 1 saturated heterocycles. The van der Waals surface area contributed by atoms with Gasteiger partial charge in [0, 0.05) is 19.3 Å². The minimum Gasteiger partial charge on any atom is -0.354 e. The number of terminal acetylenes is 1. The maximum absolute atomic E-state index is 9.17. The number of nitrogens with one attached hydrogen (secondary N) is 1. The van der Waals surface area contributed by atoms with Gasteiger partial charge < -0.3 is 9.88 Å². The van der Waals surface area contributed by atoms with Crippen LogP contribution < -0.4 is 4.90 Å². The first-order valence-electron chi connectivity index (χ1n) is 6.22. The molecule has 3 heterocycles. The maximum Gasteiger partial charge on any atom is 0.144 e. The summed E-state index contributed by atoms with van der Waals surface area (Å²) in [6.45, 7) is 1.75. The maximum atomic E-state index is 9.17. The highest BCUT2D eigenvalue weighted by Crippen LogP contribution is 2.58. The van der Waals surface area contributed by atoms with E-state index in [2.05, 4.69) is 31.8 Å². The molecule has 19 heavy (non-hydrogen) atoms. The molecule has 2 aromatic heterocycles. The van der Waals surface area contributed by atoms with Crippen molar-refractivity contribution in [2.24, 2.45) is 11.3 Å². The lowest BCUT2D eigenvalue weighted by molar-refractivity contribution is 0.705. The van der Waals surface area contributed by atoms with E-state index in [0.717, 1.165) is 30.7 Å². The van der Waals surface area contributed by atoms with Crippen LogP contribution in [0, 0.1) is 35.0 Å². The number of nitrogens with zero attached hydrogens (tertiary/aromatic N) is 4. The molecule has 0 aromatic carbocycles. The molecule has 0 spiro atoms. The van der Waals surface area contributed by atoms with E-state index in [1.807, 2.05) is 0 Å². The Bertz CT molecular complexity index is 762. The number of H-pyrrole nitrogens is 1. The Kier molecular flexibility index (Phi) is 1.79. The predicted molar refractivity (Wildman–Crippen MR) is 70.2 cm³/mol. The summed E-state index contributed by atoms with van der Waals surface area (Å²) in [5.41, 5.74) is 1.33. The van der Waals surface area contributed by atoms with E-state index in [-0.39, 0.29) is 5.41 Å². The second-order valence-corrected chi connectivity index (χ2v) is 5.32. The number of rotatable bonds is 1. The van der Waals surface area contributed by atoms with Crippen molar-refractivity contribution in [3.8, 4) is 18.4 Å². The molecule has 0 bridgehead atoms. The molecule has 1 saturated carbocycles. The topological polar surface area (TPSA) is 68.6 Å². The van der Waals surface area contributed by atoms with Gasteiger partial charge in [-0.3, -0.25) is 0 Å². The van der Waals surface area contributed by atoms with Crippen molar-refractivity contribution in [2.45, 2.75) is 6.42 Å². The zero-order chi connectivity index (χ0) is 13.0. The summed E-state index contributed by atoms with van der Waals surface area (Å²) in [4.78, 5) is 13.7. The number of hydrogen-bond donors (Lipinski definition) is 1. The third kappa shape index (κ3) is 1.25. The van der Waals surface area contributed by atoms with E-state index in [1.165, 1.54) is 6.33 Å². The van der Waals surface area contributed by atoms with Crippen LogP contribution in [0.1, 0.15) is 12.0 Å². The number of aromatic nitrogens is 3. The lowest BCUT2D eigenvalue weighted by Crippen LogP contribution is -2.25. The minimum absolute atomic E-state index is 0.0421. The first-order valence-corrected chi connectivity index (χ1v) is 6.22. The first kappa shape index (κ1) is 10.4. The summed E-state index contributed by atoms with van der Waals surface area (Å²) in [7, 11) is 0. The molecule has 5 heteroatoms. The van der Waals surface area contributed by atoms with E-state index in [9.17, 15) is 5.26 Å². The SMILES string of the molecule is C#CC12CC1CN(c1ncnc3[nH]cc(C#N)c13)C2. The molecular formula is C14H11N5. The van der Waals surface area contributed by atoms with Gasteiger partial charge in [0.15, 0.2) is 0 Å². The zero-order valence-corrected chi connectivity index (χ0v) is 10.2. The van der Waals surface area contributed by atoms with E-state index in [4.69, 9.17) is 6.42 Å². The van der Waals surface area contributed by atoms with Gasteiger partial charge in [0.2, 0.25) is 0 Å². The normalized spacial score (nSPS) is 27.9. The quantitative estimate of drug-likeness (QED) is 0.773. The second kappa shape index (κ2) is 3.27. The average Bonchev–Trinajstić information content (AvgIpc) is 2.84. The second-order valence-electron chi connectivity index (χ2n) is 5.32. The van der Waals surface area contributed by atoms with E-state index >= 15 is 0 Å². The largest absolute Gasteiger partial charge is 0.354 e. The Morgan fingerprint density at radius 2 is 2.42 bits per heavy atom. The molecule has 1 aliphatic heterocycles. The molecule has 0 radical (unpaired) electrons. The van der Waals surface area contributed by atoms with E-state index < -0.39 is 0 Å². The van der Waals surface area contributed by atoms with Crippen LogP contribution >= 0.6 is 0 Å². The van der Waals surface area contributed by atoms with Gasteiger partial charge in [-0.25, -0.2) is 9.97 Å². The number of aromatic amines is 1. The fraction of sp³-hybridized carbons (Fsp3) is 0.357. The van der Waals surface area contributed by atoms with Crippen molar-refractivity contribution in [1.29, 1.82) is 5.26 Å². The molecule has 5 nitrogen and oxygen atoms in total. The Morgan fingerprint density at radius 3 is 3.16 bits per heavy atom. The molecule has 92 valence electrons. The van der Waals surface area contributed by atoms with Crippen molar-refractivity contribution in [2.75, 3.05) is 18.0 Å². The molecule has 0 amide bonds. The van der Waals surface area contributed by atoms with Crippen molar-refractivity contribution >= 4 is 16.9 Å². The van der Waals surface area contributed by atoms with Crippen molar-refractivity contribution in [3.05, 3.63) is 18.1 Å². The van der Waals surface area contributed by atoms with Gasteiger partial charge in [0.05, 0.1) is 16.4 Å². The van der Waals surface area contributed by atoms with Crippen LogP contribution in [-0.2, 0) is 0 Å². The Hall–Kier alpha value is -2.53. The molecule has 2 fully saturated rings.